The second-order valence-electron chi connectivity index (χ2n) is 10.6. The van der Waals surface area contributed by atoms with Gasteiger partial charge in [-0.1, -0.05) is 43.9 Å². The van der Waals surface area contributed by atoms with Gasteiger partial charge in [0.15, 0.2) is 5.65 Å². The number of carbonyl (C=O) groups is 1. The Hall–Kier alpha value is -2.94. The van der Waals surface area contributed by atoms with Gasteiger partial charge in [0.2, 0.25) is 10.0 Å². The number of nitrogens with zero attached hydrogens (tertiary/aromatic N) is 4. The van der Waals surface area contributed by atoms with Crippen molar-refractivity contribution >= 4 is 32.7 Å². The normalized spacial score (nSPS) is 20.0. The van der Waals surface area contributed by atoms with Gasteiger partial charge >= 0.3 is 0 Å². The van der Waals surface area contributed by atoms with Gasteiger partial charge in [-0.15, -0.1) is 0 Å². The molecular formula is C26H31N5O3S. The molecule has 0 bridgehead atoms. The fourth-order valence-electron chi connectivity index (χ4n) is 5.98. The van der Waals surface area contributed by atoms with E-state index in [1.54, 1.807) is 6.07 Å². The predicted molar refractivity (Wildman–Crippen MR) is 135 cm³/mol. The molecule has 0 unspecified atom stereocenters. The molecule has 1 saturated heterocycles. The second-order valence-corrected chi connectivity index (χ2v) is 12.4. The lowest BCUT2D eigenvalue weighted by Gasteiger charge is -2.53. The summed E-state index contributed by atoms with van der Waals surface area (Å²) in [5, 5.41) is 6.04. The van der Waals surface area contributed by atoms with Crippen LogP contribution in [0.5, 0.6) is 0 Å². The predicted octanol–water partition coefficient (Wildman–Crippen LogP) is 4.15. The lowest BCUT2D eigenvalue weighted by Crippen LogP contribution is -2.57. The van der Waals surface area contributed by atoms with Crippen LogP contribution < -0.4 is 9.62 Å². The van der Waals surface area contributed by atoms with Gasteiger partial charge in [0, 0.05) is 24.4 Å². The van der Waals surface area contributed by atoms with E-state index in [-0.39, 0.29) is 5.69 Å². The van der Waals surface area contributed by atoms with Crippen LogP contribution in [0.3, 0.4) is 0 Å². The number of hydrogen-bond donors (Lipinski definition) is 1. The molecule has 1 N–H and O–H groups in total. The van der Waals surface area contributed by atoms with Crippen molar-refractivity contribution in [3.05, 3.63) is 47.8 Å². The number of pyridine rings is 1. The van der Waals surface area contributed by atoms with E-state index in [2.05, 4.69) is 9.62 Å². The molecule has 1 amide bonds. The highest BCUT2D eigenvalue weighted by atomic mass is 32.2. The maximum absolute atomic E-state index is 12.9. The Morgan fingerprint density at radius 2 is 1.77 bits per heavy atom. The largest absolute Gasteiger partial charge is 0.370 e. The van der Waals surface area contributed by atoms with E-state index < -0.39 is 15.9 Å². The first kappa shape index (κ1) is 22.5. The first-order valence-corrected chi connectivity index (χ1v) is 14.5. The summed E-state index contributed by atoms with van der Waals surface area (Å²) in [6.45, 7) is 1.92. The lowest BCUT2D eigenvalue weighted by molar-refractivity contribution is 0.0977. The topological polar surface area (TPSA) is 97.2 Å². The Balaban J connectivity index is 1.52. The number of sulfonamides is 1. The first-order valence-electron chi connectivity index (χ1n) is 12.6. The Bertz CT molecular complexity index is 1380. The lowest BCUT2D eigenvalue weighted by atomic mass is 9.68. The van der Waals surface area contributed by atoms with Crippen molar-refractivity contribution in [2.75, 3.05) is 24.2 Å². The fraction of sp³-hybridized carbons (Fsp3) is 0.500. The summed E-state index contributed by atoms with van der Waals surface area (Å²) in [4.78, 5) is 20.0. The molecule has 1 spiro atoms. The van der Waals surface area contributed by atoms with Crippen molar-refractivity contribution in [1.29, 1.82) is 0 Å². The molecule has 184 valence electrons. The van der Waals surface area contributed by atoms with E-state index in [1.807, 2.05) is 35.0 Å². The van der Waals surface area contributed by atoms with Gasteiger partial charge in [0.1, 0.15) is 5.69 Å². The fourth-order valence-corrected chi connectivity index (χ4v) is 6.42. The van der Waals surface area contributed by atoms with Gasteiger partial charge < -0.3 is 4.90 Å². The molecule has 0 atom stereocenters. The molecule has 3 heterocycles. The average Bonchev–Trinajstić information content (AvgIpc) is 3.15. The number of aromatic nitrogens is 3. The minimum atomic E-state index is -3.71. The van der Waals surface area contributed by atoms with E-state index in [0.717, 1.165) is 54.6 Å². The van der Waals surface area contributed by atoms with Crippen LogP contribution >= 0.6 is 0 Å². The zero-order chi connectivity index (χ0) is 24.2. The quantitative estimate of drug-likeness (QED) is 0.574. The van der Waals surface area contributed by atoms with Crippen LogP contribution in [0, 0.1) is 5.41 Å². The molecule has 1 aliphatic heterocycles. The highest BCUT2D eigenvalue weighted by Gasteiger charge is 2.44. The van der Waals surface area contributed by atoms with Gasteiger partial charge in [-0.3, -0.25) is 4.79 Å². The molecule has 3 aliphatic rings. The third kappa shape index (κ3) is 4.09. The summed E-state index contributed by atoms with van der Waals surface area (Å²) >= 11 is 0. The molecule has 3 fully saturated rings. The smallest absolute Gasteiger partial charge is 0.283 e. The van der Waals surface area contributed by atoms with Crippen molar-refractivity contribution in [3.63, 3.8) is 0 Å². The SMILES string of the molecule is CS(=O)(=O)NC(=O)c1cc(N2CC3(CCCCC3)C2)c2c(C3CCC3)nn(-c3ccccc3)c2n1. The van der Waals surface area contributed by atoms with Crippen LogP contribution in [0.15, 0.2) is 36.4 Å². The third-order valence-electron chi connectivity index (χ3n) is 7.95. The summed E-state index contributed by atoms with van der Waals surface area (Å²) in [6, 6.07) is 11.6. The Morgan fingerprint density at radius 3 is 2.40 bits per heavy atom. The van der Waals surface area contributed by atoms with Gasteiger partial charge in [-0.2, -0.15) is 5.10 Å². The molecule has 35 heavy (non-hydrogen) atoms. The molecule has 2 aliphatic carbocycles. The van der Waals surface area contributed by atoms with E-state index >= 15 is 0 Å². The number of hydrogen-bond acceptors (Lipinski definition) is 6. The van der Waals surface area contributed by atoms with Crippen molar-refractivity contribution < 1.29 is 13.2 Å². The molecule has 2 aromatic heterocycles. The van der Waals surface area contributed by atoms with Crippen LogP contribution in [0.25, 0.3) is 16.7 Å². The molecule has 2 saturated carbocycles. The number of carbonyl (C=O) groups excluding carboxylic acids is 1. The summed E-state index contributed by atoms with van der Waals surface area (Å²) in [6.07, 6.45) is 10.7. The van der Waals surface area contributed by atoms with Crippen molar-refractivity contribution in [1.82, 2.24) is 19.5 Å². The number of anilines is 1. The van der Waals surface area contributed by atoms with Crippen LogP contribution in [0.4, 0.5) is 5.69 Å². The molecule has 0 radical (unpaired) electrons. The highest BCUT2D eigenvalue weighted by molar-refractivity contribution is 7.89. The second kappa shape index (κ2) is 8.33. The summed E-state index contributed by atoms with van der Waals surface area (Å²) in [5.74, 6) is -0.335. The van der Waals surface area contributed by atoms with Gasteiger partial charge in [-0.05, 0) is 43.9 Å². The average molecular weight is 494 g/mol. The molecule has 9 heteroatoms. The van der Waals surface area contributed by atoms with Crippen LogP contribution in [0.1, 0.15) is 73.5 Å². The van der Waals surface area contributed by atoms with Crippen molar-refractivity contribution in [2.45, 2.75) is 57.3 Å². The Kier molecular flexibility index (Phi) is 5.36. The van der Waals surface area contributed by atoms with E-state index in [0.29, 0.717) is 17.0 Å². The monoisotopic (exact) mass is 493 g/mol. The van der Waals surface area contributed by atoms with Crippen molar-refractivity contribution in [2.24, 2.45) is 5.41 Å². The van der Waals surface area contributed by atoms with Crippen LogP contribution in [-0.4, -0.2) is 48.4 Å². The minimum Gasteiger partial charge on any atom is -0.370 e. The zero-order valence-corrected chi connectivity index (χ0v) is 20.9. The summed E-state index contributed by atoms with van der Waals surface area (Å²) in [7, 11) is -3.71. The summed E-state index contributed by atoms with van der Waals surface area (Å²) in [5.41, 5.74) is 3.93. The number of benzene rings is 1. The minimum absolute atomic E-state index is 0.0970. The molecule has 3 aromatic rings. The molecular weight excluding hydrogens is 462 g/mol. The van der Waals surface area contributed by atoms with Gasteiger partial charge in [-0.25, -0.2) is 22.8 Å². The Morgan fingerprint density at radius 1 is 1.06 bits per heavy atom. The molecule has 8 nitrogen and oxygen atoms in total. The van der Waals surface area contributed by atoms with Crippen LogP contribution in [-0.2, 0) is 10.0 Å². The standard InChI is InChI=1S/C26H31N5O3S/c1-35(33,34)29-25(32)20-15-21(30-16-26(17-30)13-6-3-7-14-26)22-23(18-9-8-10-18)28-31(24(22)27-20)19-11-4-2-5-12-19/h2,4-5,11-12,15,18H,3,6-10,13-14,16-17H2,1H3,(H,29,32). The summed E-state index contributed by atoms with van der Waals surface area (Å²) < 4.78 is 27.5. The maximum Gasteiger partial charge on any atom is 0.283 e. The number of amides is 1. The Labute approximate surface area is 205 Å². The molecule has 6 rings (SSSR count). The van der Waals surface area contributed by atoms with E-state index in [9.17, 15) is 13.2 Å². The third-order valence-corrected chi connectivity index (χ3v) is 8.51. The number of fused-ring (bicyclic) bond motifs is 1. The zero-order valence-electron chi connectivity index (χ0n) is 20.0. The first-order chi connectivity index (χ1) is 16.8. The number of para-hydroxylation sites is 1. The van der Waals surface area contributed by atoms with E-state index in [1.165, 1.54) is 38.5 Å². The number of nitrogens with one attached hydrogen (secondary N) is 1. The number of rotatable bonds is 5. The highest BCUT2D eigenvalue weighted by Crippen LogP contribution is 2.49. The maximum atomic E-state index is 12.9. The molecule has 1 aromatic carbocycles. The van der Waals surface area contributed by atoms with Gasteiger partial charge in [0.25, 0.3) is 5.91 Å². The van der Waals surface area contributed by atoms with Gasteiger partial charge in [0.05, 0.1) is 28.7 Å². The van der Waals surface area contributed by atoms with Crippen LogP contribution in [0.2, 0.25) is 0 Å². The van der Waals surface area contributed by atoms with E-state index in [4.69, 9.17) is 10.1 Å². The van der Waals surface area contributed by atoms with Crippen molar-refractivity contribution in [3.8, 4) is 5.69 Å².